The van der Waals surface area contributed by atoms with Crippen LogP contribution in [0.25, 0.3) is 0 Å². The monoisotopic (exact) mass is 301 g/mol. The number of halogens is 1. The number of fused-ring (bicyclic) bond motifs is 1. The lowest BCUT2D eigenvalue weighted by molar-refractivity contribution is 0.361. The van der Waals surface area contributed by atoms with E-state index >= 15 is 0 Å². The summed E-state index contributed by atoms with van der Waals surface area (Å²) >= 11 is 2.44. The Kier molecular flexibility index (Phi) is 3.12. The molecule has 1 aromatic rings. The van der Waals surface area contributed by atoms with E-state index in [-0.39, 0.29) is 0 Å². The summed E-state index contributed by atoms with van der Waals surface area (Å²) in [5, 5.41) is 0. The van der Waals surface area contributed by atoms with Gasteiger partial charge in [-0.2, -0.15) is 0 Å². The van der Waals surface area contributed by atoms with E-state index in [1.807, 2.05) is 0 Å². The Bertz CT molecular complexity index is 322. The van der Waals surface area contributed by atoms with Gasteiger partial charge in [0.25, 0.3) is 0 Å². The van der Waals surface area contributed by atoms with Crippen LogP contribution < -0.4 is 0 Å². The molecule has 1 nitrogen and oxygen atoms in total. The molecule has 2 rings (SSSR count). The van der Waals surface area contributed by atoms with E-state index in [1.165, 1.54) is 12.1 Å². The smallest absolute Gasteiger partial charge is 0.0335 e. The number of hydrogen-bond acceptors (Lipinski definition) is 1. The quantitative estimate of drug-likeness (QED) is 0.566. The summed E-state index contributed by atoms with van der Waals surface area (Å²) in [6, 6.07) is 8.86. The molecule has 0 unspecified atom stereocenters. The lowest BCUT2D eigenvalue weighted by atomic mass is 9.83. The summed E-state index contributed by atoms with van der Waals surface area (Å²) in [4.78, 5) is 0. The SMILES string of the molecule is CC(C)[C@H]1CN(I)Cc2ccccc21. The van der Waals surface area contributed by atoms with Crippen molar-refractivity contribution in [1.82, 2.24) is 3.11 Å². The van der Waals surface area contributed by atoms with Crippen LogP contribution in [-0.2, 0) is 6.54 Å². The lowest BCUT2D eigenvalue weighted by Gasteiger charge is -2.33. The molecule has 1 aliphatic rings. The van der Waals surface area contributed by atoms with Gasteiger partial charge >= 0.3 is 0 Å². The fraction of sp³-hybridized carbons (Fsp3) is 0.500. The maximum Gasteiger partial charge on any atom is 0.0335 e. The van der Waals surface area contributed by atoms with E-state index in [1.54, 1.807) is 5.56 Å². The van der Waals surface area contributed by atoms with Crippen LogP contribution >= 0.6 is 22.9 Å². The molecule has 0 aliphatic carbocycles. The summed E-state index contributed by atoms with van der Waals surface area (Å²) in [6.45, 7) is 6.92. The first kappa shape index (κ1) is 10.4. The molecule has 0 amide bonds. The summed E-state index contributed by atoms with van der Waals surface area (Å²) in [6.07, 6.45) is 0. The predicted molar refractivity (Wildman–Crippen MR) is 68.5 cm³/mol. The number of hydrogen-bond donors (Lipinski definition) is 0. The zero-order valence-corrected chi connectivity index (χ0v) is 10.9. The van der Waals surface area contributed by atoms with Gasteiger partial charge in [-0.1, -0.05) is 38.1 Å². The minimum absolute atomic E-state index is 0.705. The first-order chi connectivity index (χ1) is 6.68. The van der Waals surface area contributed by atoms with Crippen molar-refractivity contribution in [3.63, 3.8) is 0 Å². The van der Waals surface area contributed by atoms with Crippen molar-refractivity contribution in [2.24, 2.45) is 5.92 Å². The highest BCUT2D eigenvalue weighted by molar-refractivity contribution is 14.1. The van der Waals surface area contributed by atoms with Crippen LogP contribution in [0.15, 0.2) is 24.3 Å². The standard InChI is InChI=1S/C12H16IN/c1-9(2)12-8-14(13)7-10-5-3-4-6-11(10)12/h3-6,9,12H,7-8H2,1-2H3/t12-/m1/s1. The molecule has 1 heterocycles. The third kappa shape index (κ3) is 1.96. The largest absolute Gasteiger partial charge is 0.243 e. The lowest BCUT2D eigenvalue weighted by Crippen LogP contribution is -2.29. The molecule has 0 bridgehead atoms. The molecule has 14 heavy (non-hydrogen) atoms. The maximum absolute atomic E-state index is 2.44. The Morgan fingerprint density at radius 2 is 2.07 bits per heavy atom. The fourth-order valence-corrected chi connectivity index (χ4v) is 2.96. The number of benzene rings is 1. The average Bonchev–Trinajstić information content (AvgIpc) is 2.16. The van der Waals surface area contributed by atoms with Gasteiger partial charge in [0.15, 0.2) is 0 Å². The molecule has 1 atom stereocenters. The van der Waals surface area contributed by atoms with E-state index in [2.05, 4.69) is 64.1 Å². The minimum Gasteiger partial charge on any atom is -0.243 e. The molecule has 0 saturated heterocycles. The molecule has 1 aliphatic heterocycles. The van der Waals surface area contributed by atoms with Crippen LogP contribution in [0.2, 0.25) is 0 Å². The van der Waals surface area contributed by atoms with Crippen molar-refractivity contribution in [3.8, 4) is 0 Å². The summed E-state index contributed by atoms with van der Waals surface area (Å²) in [7, 11) is 0. The molecule has 0 aromatic heterocycles. The van der Waals surface area contributed by atoms with Crippen LogP contribution in [0.5, 0.6) is 0 Å². The van der Waals surface area contributed by atoms with Crippen molar-refractivity contribution in [2.75, 3.05) is 6.54 Å². The number of rotatable bonds is 1. The highest BCUT2D eigenvalue weighted by atomic mass is 127. The van der Waals surface area contributed by atoms with Gasteiger partial charge in [0.05, 0.1) is 0 Å². The van der Waals surface area contributed by atoms with Crippen molar-refractivity contribution >= 4 is 22.9 Å². The Morgan fingerprint density at radius 1 is 1.36 bits per heavy atom. The van der Waals surface area contributed by atoms with Crippen LogP contribution in [0, 0.1) is 5.92 Å². The average molecular weight is 301 g/mol. The molecule has 2 heteroatoms. The first-order valence-corrected chi connectivity index (χ1v) is 6.13. The second-order valence-corrected chi connectivity index (χ2v) is 5.72. The van der Waals surface area contributed by atoms with Gasteiger partial charge in [0, 0.05) is 41.9 Å². The topological polar surface area (TPSA) is 3.24 Å². The zero-order chi connectivity index (χ0) is 10.1. The number of nitrogens with zero attached hydrogens (tertiary/aromatic N) is 1. The first-order valence-electron chi connectivity index (χ1n) is 5.17. The van der Waals surface area contributed by atoms with Gasteiger partial charge in [0.1, 0.15) is 0 Å². The van der Waals surface area contributed by atoms with E-state index in [4.69, 9.17) is 0 Å². The van der Waals surface area contributed by atoms with Gasteiger partial charge in [-0.15, -0.1) is 0 Å². The van der Waals surface area contributed by atoms with Gasteiger partial charge in [-0.05, 0) is 17.0 Å². The van der Waals surface area contributed by atoms with Crippen molar-refractivity contribution in [1.29, 1.82) is 0 Å². The molecule has 0 spiro atoms. The third-order valence-corrected chi connectivity index (χ3v) is 3.73. The van der Waals surface area contributed by atoms with E-state index in [0.29, 0.717) is 5.92 Å². The van der Waals surface area contributed by atoms with Gasteiger partial charge in [0.2, 0.25) is 0 Å². The second kappa shape index (κ2) is 4.19. The van der Waals surface area contributed by atoms with E-state index in [9.17, 15) is 0 Å². The van der Waals surface area contributed by atoms with Crippen molar-refractivity contribution < 1.29 is 0 Å². The van der Waals surface area contributed by atoms with Crippen molar-refractivity contribution in [2.45, 2.75) is 26.3 Å². The Labute approximate surface area is 100.0 Å². The second-order valence-electron chi connectivity index (χ2n) is 4.35. The van der Waals surface area contributed by atoms with E-state index in [0.717, 1.165) is 12.5 Å². The Morgan fingerprint density at radius 3 is 2.79 bits per heavy atom. The van der Waals surface area contributed by atoms with Crippen LogP contribution in [-0.4, -0.2) is 9.66 Å². The van der Waals surface area contributed by atoms with Crippen molar-refractivity contribution in [3.05, 3.63) is 35.4 Å². The molecular formula is C12H16IN. The van der Waals surface area contributed by atoms with E-state index < -0.39 is 0 Å². The summed E-state index contributed by atoms with van der Waals surface area (Å²) in [5.41, 5.74) is 3.07. The summed E-state index contributed by atoms with van der Waals surface area (Å²) in [5.74, 6) is 1.44. The normalized spacial score (nSPS) is 22.4. The van der Waals surface area contributed by atoms with Crippen LogP contribution in [0.1, 0.15) is 30.9 Å². The highest BCUT2D eigenvalue weighted by Gasteiger charge is 2.25. The fourth-order valence-electron chi connectivity index (χ4n) is 2.17. The Hall–Kier alpha value is -0.0900. The third-order valence-electron chi connectivity index (χ3n) is 3.00. The van der Waals surface area contributed by atoms with Gasteiger partial charge in [-0.3, -0.25) is 0 Å². The molecule has 76 valence electrons. The molecule has 0 saturated carbocycles. The van der Waals surface area contributed by atoms with Crippen LogP contribution in [0.4, 0.5) is 0 Å². The van der Waals surface area contributed by atoms with Crippen LogP contribution in [0.3, 0.4) is 0 Å². The molecule has 0 fully saturated rings. The highest BCUT2D eigenvalue weighted by Crippen LogP contribution is 2.34. The zero-order valence-electron chi connectivity index (χ0n) is 8.70. The molecule has 0 N–H and O–H groups in total. The van der Waals surface area contributed by atoms with Gasteiger partial charge in [-0.25, -0.2) is 3.11 Å². The Balaban J connectivity index is 2.38. The predicted octanol–water partition coefficient (Wildman–Crippen LogP) is 3.59. The maximum atomic E-state index is 2.44. The minimum atomic E-state index is 0.705. The van der Waals surface area contributed by atoms with Gasteiger partial charge < -0.3 is 0 Å². The molecular weight excluding hydrogens is 285 g/mol. The molecule has 1 aromatic carbocycles. The molecule has 0 radical (unpaired) electrons. The summed E-state index contributed by atoms with van der Waals surface area (Å²) < 4.78 is 2.39.